The summed E-state index contributed by atoms with van der Waals surface area (Å²) in [5.74, 6) is 2.91. The highest BCUT2D eigenvalue weighted by Crippen LogP contribution is 2.23. The largest absolute Gasteiger partial charge is 0.497 e. The second-order valence-electron chi connectivity index (χ2n) is 3.63. The minimum atomic E-state index is 0.795. The van der Waals surface area contributed by atoms with E-state index in [0.717, 1.165) is 18.1 Å². The number of rotatable bonds is 8. The number of hydrogen-bond acceptors (Lipinski definition) is 2. The van der Waals surface area contributed by atoms with Crippen LogP contribution in [0.2, 0.25) is 0 Å². The Bertz CT molecular complexity index is 291. The third-order valence-corrected chi connectivity index (χ3v) is 3.69. The number of thioether (sulfide) groups is 1. The highest BCUT2D eigenvalue weighted by Gasteiger charge is 1.96. The molecule has 3 heteroatoms. The van der Waals surface area contributed by atoms with Gasteiger partial charge in [-0.05, 0) is 36.8 Å². The molecule has 90 valence electrons. The van der Waals surface area contributed by atoms with Crippen molar-refractivity contribution < 1.29 is 4.74 Å². The van der Waals surface area contributed by atoms with E-state index in [2.05, 4.69) is 12.1 Å². The molecule has 0 radical (unpaired) electrons. The first-order valence-corrected chi connectivity index (χ1v) is 7.21. The van der Waals surface area contributed by atoms with E-state index in [4.69, 9.17) is 16.3 Å². The summed E-state index contributed by atoms with van der Waals surface area (Å²) in [5.41, 5.74) is 0. The second-order valence-corrected chi connectivity index (χ2v) is 5.18. The van der Waals surface area contributed by atoms with Crippen LogP contribution in [0, 0.1) is 0 Å². The van der Waals surface area contributed by atoms with E-state index in [1.54, 1.807) is 7.11 Å². The Labute approximate surface area is 108 Å². The third kappa shape index (κ3) is 5.66. The Kier molecular flexibility index (Phi) is 7.52. The molecule has 1 rings (SSSR count). The lowest BCUT2D eigenvalue weighted by molar-refractivity contribution is 0.413. The van der Waals surface area contributed by atoms with Gasteiger partial charge in [-0.2, -0.15) is 0 Å². The van der Waals surface area contributed by atoms with Gasteiger partial charge in [0, 0.05) is 10.8 Å². The molecule has 1 aromatic rings. The van der Waals surface area contributed by atoms with E-state index in [1.165, 1.54) is 29.9 Å². The molecular formula is C13H19ClOS. The van der Waals surface area contributed by atoms with Crippen molar-refractivity contribution in [3.8, 4) is 5.75 Å². The molecule has 0 unspecified atom stereocenters. The summed E-state index contributed by atoms with van der Waals surface area (Å²) in [6.45, 7) is 0. The second kappa shape index (κ2) is 8.77. The van der Waals surface area contributed by atoms with Gasteiger partial charge in [-0.25, -0.2) is 0 Å². The molecule has 0 N–H and O–H groups in total. The number of ether oxygens (including phenoxy) is 1. The van der Waals surface area contributed by atoms with Crippen molar-refractivity contribution in [1.82, 2.24) is 0 Å². The van der Waals surface area contributed by atoms with Crippen LogP contribution in [0.25, 0.3) is 0 Å². The topological polar surface area (TPSA) is 9.23 Å². The molecule has 0 fully saturated rings. The van der Waals surface area contributed by atoms with Crippen molar-refractivity contribution in [2.24, 2.45) is 0 Å². The first kappa shape index (κ1) is 13.7. The van der Waals surface area contributed by atoms with Crippen molar-refractivity contribution in [2.45, 2.75) is 30.6 Å². The molecular weight excluding hydrogens is 240 g/mol. The molecule has 0 aromatic heterocycles. The fourth-order valence-corrected chi connectivity index (χ4v) is 2.58. The normalized spacial score (nSPS) is 10.4. The van der Waals surface area contributed by atoms with Gasteiger partial charge in [0.2, 0.25) is 0 Å². The first-order valence-electron chi connectivity index (χ1n) is 5.69. The van der Waals surface area contributed by atoms with E-state index in [-0.39, 0.29) is 0 Å². The number of methoxy groups -OCH3 is 1. The average Bonchev–Trinajstić information content (AvgIpc) is 2.34. The van der Waals surface area contributed by atoms with Crippen molar-refractivity contribution in [3.63, 3.8) is 0 Å². The molecule has 0 atom stereocenters. The Hall–Kier alpha value is -0.340. The summed E-state index contributed by atoms with van der Waals surface area (Å²) >= 11 is 7.52. The van der Waals surface area contributed by atoms with Crippen LogP contribution in [0.1, 0.15) is 25.7 Å². The lowest BCUT2D eigenvalue weighted by Crippen LogP contribution is -1.85. The fraction of sp³-hybridized carbons (Fsp3) is 0.538. The van der Waals surface area contributed by atoms with Crippen LogP contribution in [0.5, 0.6) is 5.75 Å². The first-order chi connectivity index (χ1) is 7.86. The van der Waals surface area contributed by atoms with E-state index in [1.807, 2.05) is 23.9 Å². The van der Waals surface area contributed by atoms with Gasteiger partial charge in [-0.15, -0.1) is 23.4 Å². The third-order valence-electron chi connectivity index (χ3n) is 2.34. The molecule has 16 heavy (non-hydrogen) atoms. The maximum absolute atomic E-state index is 5.62. The lowest BCUT2D eigenvalue weighted by atomic mass is 10.2. The number of alkyl halides is 1. The monoisotopic (exact) mass is 258 g/mol. The van der Waals surface area contributed by atoms with Gasteiger partial charge in [0.1, 0.15) is 5.75 Å². The molecule has 1 aromatic carbocycles. The molecule has 0 aliphatic carbocycles. The van der Waals surface area contributed by atoms with E-state index in [9.17, 15) is 0 Å². The van der Waals surface area contributed by atoms with Crippen molar-refractivity contribution >= 4 is 23.4 Å². The minimum absolute atomic E-state index is 0.795. The summed E-state index contributed by atoms with van der Waals surface area (Å²) in [6.07, 6.45) is 4.94. The fourth-order valence-electron chi connectivity index (χ4n) is 1.43. The summed E-state index contributed by atoms with van der Waals surface area (Å²) in [7, 11) is 1.70. The van der Waals surface area contributed by atoms with Gasteiger partial charge in [-0.1, -0.05) is 18.9 Å². The Morgan fingerprint density at radius 2 is 2.00 bits per heavy atom. The highest BCUT2D eigenvalue weighted by atomic mass is 35.5. The maximum Gasteiger partial charge on any atom is 0.119 e. The average molecular weight is 259 g/mol. The van der Waals surface area contributed by atoms with Crippen LogP contribution in [-0.4, -0.2) is 18.7 Å². The standard InChI is InChI=1S/C13H19ClOS/c1-15-12-7-6-8-13(11-12)16-10-5-3-2-4-9-14/h6-8,11H,2-5,9-10H2,1H3. The molecule has 0 bridgehead atoms. The predicted molar refractivity (Wildman–Crippen MR) is 72.9 cm³/mol. The summed E-state index contributed by atoms with van der Waals surface area (Å²) in [4.78, 5) is 1.29. The molecule has 1 nitrogen and oxygen atoms in total. The van der Waals surface area contributed by atoms with E-state index >= 15 is 0 Å². The lowest BCUT2D eigenvalue weighted by Gasteiger charge is -2.04. The molecule has 0 amide bonds. The molecule has 0 aliphatic heterocycles. The molecule has 0 saturated heterocycles. The Morgan fingerprint density at radius 3 is 2.75 bits per heavy atom. The zero-order valence-electron chi connectivity index (χ0n) is 9.75. The predicted octanol–water partition coefficient (Wildman–Crippen LogP) is 4.59. The van der Waals surface area contributed by atoms with Gasteiger partial charge in [0.15, 0.2) is 0 Å². The quantitative estimate of drug-likeness (QED) is 0.383. The number of halogens is 1. The van der Waals surface area contributed by atoms with Crippen molar-refractivity contribution in [3.05, 3.63) is 24.3 Å². The van der Waals surface area contributed by atoms with Crippen LogP contribution in [0.3, 0.4) is 0 Å². The smallest absolute Gasteiger partial charge is 0.119 e. The zero-order valence-corrected chi connectivity index (χ0v) is 11.3. The zero-order chi connectivity index (χ0) is 11.6. The minimum Gasteiger partial charge on any atom is -0.497 e. The number of benzene rings is 1. The van der Waals surface area contributed by atoms with Gasteiger partial charge < -0.3 is 4.74 Å². The SMILES string of the molecule is COc1cccc(SCCCCCCCl)c1. The van der Waals surface area contributed by atoms with Crippen molar-refractivity contribution in [2.75, 3.05) is 18.7 Å². The van der Waals surface area contributed by atoms with E-state index < -0.39 is 0 Å². The summed E-state index contributed by atoms with van der Waals surface area (Å²) in [6, 6.07) is 8.23. The van der Waals surface area contributed by atoms with Crippen LogP contribution < -0.4 is 4.74 Å². The van der Waals surface area contributed by atoms with Crippen LogP contribution >= 0.6 is 23.4 Å². The van der Waals surface area contributed by atoms with Crippen LogP contribution in [0.4, 0.5) is 0 Å². The summed E-state index contributed by atoms with van der Waals surface area (Å²) < 4.78 is 5.19. The van der Waals surface area contributed by atoms with Gasteiger partial charge >= 0.3 is 0 Å². The van der Waals surface area contributed by atoms with Crippen LogP contribution in [0.15, 0.2) is 29.2 Å². The molecule has 0 heterocycles. The Morgan fingerprint density at radius 1 is 1.19 bits per heavy atom. The summed E-state index contributed by atoms with van der Waals surface area (Å²) in [5, 5.41) is 0. The molecule has 0 aliphatic rings. The van der Waals surface area contributed by atoms with Gasteiger partial charge in [-0.3, -0.25) is 0 Å². The highest BCUT2D eigenvalue weighted by molar-refractivity contribution is 7.99. The van der Waals surface area contributed by atoms with Crippen LogP contribution in [-0.2, 0) is 0 Å². The number of unbranched alkanes of at least 4 members (excludes halogenated alkanes) is 3. The maximum atomic E-state index is 5.62. The molecule has 0 spiro atoms. The van der Waals surface area contributed by atoms with Crippen molar-refractivity contribution in [1.29, 1.82) is 0 Å². The van der Waals surface area contributed by atoms with E-state index in [0.29, 0.717) is 0 Å². The number of hydrogen-bond donors (Lipinski definition) is 0. The molecule has 0 saturated carbocycles. The van der Waals surface area contributed by atoms with Gasteiger partial charge in [0.05, 0.1) is 7.11 Å². The van der Waals surface area contributed by atoms with Gasteiger partial charge in [0.25, 0.3) is 0 Å². The Balaban J connectivity index is 2.16.